The van der Waals surface area contributed by atoms with Crippen LogP contribution in [-0.4, -0.2) is 36.8 Å². The SMILES string of the molecule is COc1cc([C@@H](O)[C@@H](C)Oc2ccc(/C=C/C=O)cc2OC)ccc1O. The summed E-state index contributed by atoms with van der Waals surface area (Å²) in [4.78, 5) is 10.4. The molecule has 0 heterocycles. The van der Waals surface area contributed by atoms with Gasteiger partial charge in [-0.2, -0.15) is 0 Å². The van der Waals surface area contributed by atoms with Gasteiger partial charge in [0, 0.05) is 0 Å². The van der Waals surface area contributed by atoms with Crippen LogP contribution in [0, 0.1) is 0 Å². The molecule has 138 valence electrons. The molecule has 2 aromatic rings. The van der Waals surface area contributed by atoms with Crippen LogP contribution in [0.3, 0.4) is 0 Å². The highest BCUT2D eigenvalue weighted by Gasteiger charge is 2.21. The van der Waals surface area contributed by atoms with Crippen molar-refractivity contribution >= 4 is 12.4 Å². The quantitative estimate of drug-likeness (QED) is 0.557. The van der Waals surface area contributed by atoms with Gasteiger partial charge in [0.25, 0.3) is 0 Å². The summed E-state index contributed by atoms with van der Waals surface area (Å²) in [6, 6.07) is 9.85. The molecule has 0 amide bonds. The Labute approximate surface area is 152 Å². The fraction of sp³-hybridized carbons (Fsp3) is 0.250. The number of methoxy groups -OCH3 is 2. The van der Waals surface area contributed by atoms with Gasteiger partial charge < -0.3 is 24.4 Å². The second-order valence-corrected chi connectivity index (χ2v) is 5.60. The first-order chi connectivity index (χ1) is 12.5. The van der Waals surface area contributed by atoms with Crippen molar-refractivity contribution in [2.24, 2.45) is 0 Å². The Bertz CT molecular complexity index is 784. The number of allylic oxidation sites excluding steroid dienone is 1. The van der Waals surface area contributed by atoms with E-state index in [4.69, 9.17) is 14.2 Å². The van der Waals surface area contributed by atoms with E-state index < -0.39 is 12.2 Å². The third-order valence-electron chi connectivity index (χ3n) is 3.86. The Morgan fingerprint density at radius 3 is 2.38 bits per heavy atom. The van der Waals surface area contributed by atoms with Gasteiger partial charge in [-0.05, 0) is 48.4 Å². The summed E-state index contributed by atoms with van der Waals surface area (Å²) < 4.78 is 16.2. The third kappa shape index (κ3) is 4.55. The van der Waals surface area contributed by atoms with E-state index in [1.165, 1.54) is 26.4 Å². The van der Waals surface area contributed by atoms with Gasteiger partial charge in [-0.1, -0.05) is 18.2 Å². The molecule has 0 aliphatic heterocycles. The molecule has 6 heteroatoms. The van der Waals surface area contributed by atoms with E-state index in [0.29, 0.717) is 23.3 Å². The molecule has 0 saturated carbocycles. The fourth-order valence-corrected chi connectivity index (χ4v) is 2.45. The Morgan fingerprint density at radius 2 is 1.73 bits per heavy atom. The van der Waals surface area contributed by atoms with E-state index in [1.54, 1.807) is 43.3 Å². The van der Waals surface area contributed by atoms with Gasteiger partial charge in [0.1, 0.15) is 18.5 Å². The number of rotatable bonds is 8. The standard InChI is InChI=1S/C20H22O6/c1-13(20(23)15-7-8-16(22)18(12-15)24-2)26-17-9-6-14(5-4-10-21)11-19(17)25-3/h4-13,20,22-23H,1-3H3/b5-4+/t13-,20+/m1/s1. The lowest BCUT2D eigenvalue weighted by Gasteiger charge is -2.22. The number of aldehydes is 1. The molecule has 0 unspecified atom stereocenters. The average molecular weight is 358 g/mol. The normalized spacial score (nSPS) is 13.2. The lowest BCUT2D eigenvalue weighted by Crippen LogP contribution is -2.22. The van der Waals surface area contributed by atoms with E-state index in [0.717, 1.165) is 5.56 Å². The zero-order valence-electron chi connectivity index (χ0n) is 14.9. The maximum absolute atomic E-state index is 10.5. The highest BCUT2D eigenvalue weighted by molar-refractivity contribution is 5.74. The molecule has 0 aromatic heterocycles. The molecule has 0 radical (unpaired) electrons. The van der Waals surface area contributed by atoms with Gasteiger partial charge in [0.05, 0.1) is 14.2 Å². The number of hydrogen-bond donors (Lipinski definition) is 2. The van der Waals surface area contributed by atoms with Crippen molar-refractivity contribution in [1.29, 1.82) is 0 Å². The largest absolute Gasteiger partial charge is 0.504 e. The summed E-state index contributed by atoms with van der Waals surface area (Å²) >= 11 is 0. The number of aliphatic hydroxyl groups is 1. The average Bonchev–Trinajstić information content (AvgIpc) is 2.66. The van der Waals surface area contributed by atoms with E-state index in [-0.39, 0.29) is 11.5 Å². The molecule has 26 heavy (non-hydrogen) atoms. The van der Waals surface area contributed by atoms with Gasteiger partial charge in [-0.15, -0.1) is 0 Å². The Morgan fingerprint density at radius 1 is 1.00 bits per heavy atom. The minimum atomic E-state index is -0.941. The Balaban J connectivity index is 2.19. The summed E-state index contributed by atoms with van der Waals surface area (Å²) in [6.45, 7) is 1.73. The Kier molecular flexibility index (Phi) is 6.63. The van der Waals surface area contributed by atoms with Crippen LogP contribution >= 0.6 is 0 Å². The molecule has 2 atom stereocenters. The maximum atomic E-state index is 10.5. The first kappa shape index (κ1) is 19.3. The Hall–Kier alpha value is -2.99. The van der Waals surface area contributed by atoms with Crippen LogP contribution in [0.25, 0.3) is 6.08 Å². The first-order valence-electron chi connectivity index (χ1n) is 8.01. The smallest absolute Gasteiger partial charge is 0.161 e. The summed E-state index contributed by atoms with van der Waals surface area (Å²) in [6.07, 6.45) is 2.21. The predicted octanol–water partition coefficient (Wildman–Crippen LogP) is 3.12. The van der Waals surface area contributed by atoms with Crippen LogP contribution in [0.5, 0.6) is 23.0 Å². The lowest BCUT2D eigenvalue weighted by atomic mass is 10.0. The highest BCUT2D eigenvalue weighted by Crippen LogP contribution is 2.34. The zero-order chi connectivity index (χ0) is 19.1. The second kappa shape index (κ2) is 8.92. The zero-order valence-corrected chi connectivity index (χ0v) is 14.9. The molecule has 0 bridgehead atoms. The molecule has 0 aliphatic rings. The van der Waals surface area contributed by atoms with Crippen molar-refractivity contribution in [2.45, 2.75) is 19.1 Å². The van der Waals surface area contributed by atoms with E-state index in [2.05, 4.69) is 0 Å². The predicted molar refractivity (Wildman–Crippen MR) is 97.8 cm³/mol. The van der Waals surface area contributed by atoms with Crippen molar-refractivity contribution in [3.05, 3.63) is 53.6 Å². The van der Waals surface area contributed by atoms with Crippen LogP contribution in [-0.2, 0) is 4.79 Å². The maximum Gasteiger partial charge on any atom is 0.161 e. The molecule has 6 nitrogen and oxygen atoms in total. The number of aliphatic hydroxyl groups excluding tert-OH is 1. The van der Waals surface area contributed by atoms with Gasteiger partial charge in [0.15, 0.2) is 23.0 Å². The first-order valence-corrected chi connectivity index (χ1v) is 8.01. The number of benzene rings is 2. The molecular weight excluding hydrogens is 336 g/mol. The molecular formula is C20H22O6. The van der Waals surface area contributed by atoms with Gasteiger partial charge in [-0.3, -0.25) is 4.79 Å². The number of phenols is 1. The summed E-state index contributed by atoms with van der Waals surface area (Å²) in [7, 11) is 2.96. The second-order valence-electron chi connectivity index (χ2n) is 5.60. The summed E-state index contributed by atoms with van der Waals surface area (Å²) in [5, 5.41) is 20.2. The number of carbonyl (C=O) groups excluding carboxylic acids is 1. The minimum Gasteiger partial charge on any atom is -0.504 e. The molecule has 0 spiro atoms. The van der Waals surface area contributed by atoms with E-state index in [1.807, 2.05) is 0 Å². The summed E-state index contributed by atoms with van der Waals surface area (Å²) in [5.41, 5.74) is 1.34. The number of carbonyl (C=O) groups is 1. The topological polar surface area (TPSA) is 85.2 Å². The van der Waals surface area contributed by atoms with E-state index in [9.17, 15) is 15.0 Å². The fourth-order valence-electron chi connectivity index (χ4n) is 2.45. The molecule has 0 saturated heterocycles. The van der Waals surface area contributed by atoms with Crippen molar-refractivity contribution in [3.63, 3.8) is 0 Å². The van der Waals surface area contributed by atoms with Crippen molar-refractivity contribution in [2.75, 3.05) is 14.2 Å². The molecule has 2 N–H and O–H groups in total. The lowest BCUT2D eigenvalue weighted by molar-refractivity contribution is -0.104. The van der Waals surface area contributed by atoms with Crippen molar-refractivity contribution in [3.8, 4) is 23.0 Å². The van der Waals surface area contributed by atoms with Gasteiger partial charge in [0.2, 0.25) is 0 Å². The van der Waals surface area contributed by atoms with Crippen LogP contribution < -0.4 is 14.2 Å². The minimum absolute atomic E-state index is 0.00217. The number of aromatic hydroxyl groups is 1. The molecule has 2 rings (SSSR count). The van der Waals surface area contributed by atoms with Crippen LogP contribution in [0.2, 0.25) is 0 Å². The highest BCUT2D eigenvalue weighted by atomic mass is 16.5. The number of ether oxygens (including phenoxy) is 3. The van der Waals surface area contributed by atoms with Gasteiger partial charge >= 0.3 is 0 Å². The van der Waals surface area contributed by atoms with Crippen molar-refractivity contribution < 1.29 is 29.2 Å². The van der Waals surface area contributed by atoms with Crippen LogP contribution in [0.4, 0.5) is 0 Å². The third-order valence-corrected chi connectivity index (χ3v) is 3.86. The summed E-state index contributed by atoms with van der Waals surface area (Å²) in [5.74, 6) is 1.23. The molecule has 0 fully saturated rings. The molecule has 2 aromatic carbocycles. The van der Waals surface area contributed by atoms with Gasteiger partial charge in [-0.25, -0.2) is 0 Å². The monoisotopic (exact) mass is 358 g/mol. The van der Waals surface area contributed by atoms with Crippen molar-refractivity contribution in [1.82, 2.24) is 0 Å². The van der Waals surface area contributed by atoms with Crippen LogP contribution in [0.1, 0.15) is 24.2 Å². The van der Waals surface area contributed by atoms with Crippen LogP contribution in [0.15, 0.2) is 42.5 Å². The van der Waals surface area contributed by atoms with E-state index >= 15 is 0 Å². The number of phenolic OH excluding ortho intramolecular Hbond substituents is 1. The molecule has 0 aliphatic carbocycles. The number of hydrogen-bond acceptors (Lipinski definition) is 6.